The normalized spacial score (nSPS) is 15.8. The average molecular weight is 419 g/mol. The Labute approximate surface area is 168 Å². The van der Waals surface area contributed by atoms with E-state index in [9.17, 15) is 8.42 Å². The number of rotatable bonds is 5. The molecule has 0 aliphatic carbocycles. The minimum atomic E-state index is -3.85. The first kappa shape index (κ1) is 19.3. The number of ether oxygens (including phenoxy) is 1. The zero-order chi connectivity index (χ0) is 19.7. The van der Waals surface area contributed by atoms with Gasteiger partial charge in [0.15, 0.2) is 0 Å². The third-order valence-corrected chi connectivity index (χ3v) is 7.29. The molecule has 0 atom stereocenters. The van der Waals surface area contributed by atoms with Gasteiger partial charge in [0.25, 0.3) is 0 Å². The minimum absolute atomic E-state index is 0.159. The summed E-state index contributed by atoms with van der Waals surface area (Å²) in [5.41, 5.74) is 0.979. The van der Waals surface area contributed by atoms with Gasteiger partial charge in [-0.2, -0.15) is 0 Å². The van der Waals surface area contributed by atoms with Crippen molar-refractivity contribution >= 4 is 37.4 Å². The molecule has 28 heavy (non-hydrogen) atoms. The van der Waals surface area contributed by atoms with Crippen LogP contribution in [-0.2, 0) is 21.3 Å². The molecule has 9 heteroatoms. The number of thiophene rings is 1. The van der Waals surface area contributed by atoms with Gasteiger partial charge in [-0.3, -0.25) is 0 Å². The van der Waals surface area contributed by atoms with Gasteiger partial charge in [-0.1, -0.05) is 18.2 Å². The summed E-state index contributed by atoms with van der Waals surface area (Å²) in [6.07, 6.45) is 0. The monoisotopic (exact) mass is 418 g/mol. The Balaban J connectivity index is 1.74. The Bertz CT molecular complexity index is 1090. The number of sulfonamides is 1. The molecule has 1 fully saturated rings. The first-order valence-corrected chi connectivity index (χ1v) is 11.4. The fourth-order valence-corrected chi connectivity index (χ4v) is 5.24. The van der Waals surface area contributed by atoms with Crippen LogP contribution in [0.1, 0.15) is 16.3 Å². The van der Waals surface area contributed by atoms with Gasteiger partial charge in [0, 0.05) is 10.3 Å². The maximum Gasteiger partial charge on any atom is 0.202 e. The van der Waals surface area contributed by atoms with Crippen LogP contribution in [0.15, 0.2) is 35.2 Å². The predicted molar refractivity (Wildman–Crippen MR) is 109 cm³/mol. The molecule has 148 valence electrons. The molecule has 2 aromatic heterocycles. The van der Waals surface area contributed by atoms with Crippen LogP contribution in [0.5, 0.6) is 0 Å². The van der Waals surface area contributed by atoms with E-state index < -0.39 is 10.0 Å². The number of fused-ring (bicyclic) bond motifs is 1. The van der Waals surface area contributed by atoms with Crippen molar-refractivity contribution in [2.24, 2.45) is 0 Å². The lowest BCUT2D eigenvalue weighted by Gasteiger charge is -2.25. The van der Waals surface area contributed by atoms with E-state index in [2.05, 4.69) is 9.71 Å². The van der Waals surface area contributed by atoms with Gasteiger partial charge in [0.05, 0.1) is 23.9 Å². The molecule has 0 bridgehead atoms. The fourth-order valence-electron chi connectivity index (χ4n) is 3.24. The second kappa shape index (κ2) is 7.75. The zero-order valence-corrected chi connectivity index (χ0v) is 17.4. The van der Waals surface area contributed by atoms with Crippen molar-refractivity contribution in [2.75, 3.05) is 26.3 Å². The van der Waals surface area contributed by atoms with E-state index in [4.69, 9.17) is 9.72 Å². The van der Waals surface area contributed by atoms with Crippen LogP contribution < -0.4 is 4.90 Å². The molecule has 1 aliphatic heterocycles. The Morgan fingerprint density at radius 3 is 2.57 bits per heavy atom. The van der Waals surface area contributed by atoms with Crippen LogP contribution in [-0.4, -0.2) is 44.7 Å². The van der Waals surface area contributed by atoms with Gasteiger partial charge in [0.2, 0.25) is 10.0 Å². The zero-order valence-electron chi connectivity index (χ0n) is 15.8. The Morgan fingerprint density at radius 1 is 1.14 bits per heavy atom. The van der Waals surface area contributed by atoms with Crippen molar-refractivity contribution < 1.29 is 18.1 Å². The Hall–Kier alpha value is -2.07. The lowest BCUT2D eigenvalue weighted by atomic mass is 10.2. The SMILES string of the molecule is Cc1sc2nc(C[NH+]3CCOCC3)nc([N-]S(=O)(=O)c3ccccc3)c2c1C. The summed E-state index contributed by atoms with van der Waals surface area (Å²) in [4.78, 5) is 12.6. The van der Waals surface area contributed by atoms with Crippen LogP contribution in [0, 0.1) is 13.8 Å². The molecule has 7 nitrogen and oxygen atoms in total. The molecular weight excluding hydrogens is 396 g/mol. The van der Waals surface area contributed by atoms with Crippen LogP contribution in [0.3, 0.4) is 0 Å². The summed E-state index contributed by atoms with van der Waals surface area (Å²) in [6.45, 7) is 7.80. The number of nitrogens with zero attached hydrogens (tertiary/aromatic N) is 3. The number of quaternary nitrogens is 1. The number of aryl methyl sites for hydroxylation is 2. The van der Waals surface area contributed by atoms with E-state index >= 15 is 0 Å². The first-order valence-electron chi connectivity index (χ1n) is 9.15. The molecule has 3 aromatic rings. The van der Waals surface area contributed by atoms with Gasteiger partial charge in [-0.15, -0.1) is 11.3 Å². The number of nitrogens with one attached hydrogen (secondary N) is 1. The highest BCUT2D eigenvalue weighted by atomic mass is 32.2. The molecule has 0 unspecified atom stereocenters. The van der Waals surface area contributed by atoms with E-state index in [0.717, 1.165) is 33.7 Å². The summed E-state index contributed by atoms with van der Waals surface area (Å²) in [5.74, 6) is 0.853. The molecule has 1 aromatic carbocycles. The second-order valence-electron chi connectivity index (χ2n) is 6.85. The number of hydrogen-bond acceptors (Lipinski definition) is 6. The highest BCUT2D eigenvalue weighted by Gasteiger charge is 2.18. The van der Waals surface area contributed by atoms with Gasteiger partial charge in [0.1, 0.15) is 24.5 Å². The smallest absolute Gasteiger partial charge is 0.202 e. The number of aromatic nitrogens is 2. The third kappa shape index (κ3) is 3.88. The van der Waals surface area contributed by atoms with Crippen LogP contribution in [0.2, 0.25) is 0 Å². The second-order valence-corrected chi connectivity index (χ2v) is 9.65. The van der Waals surface area contributed by atoms with Crippen molar-refractivity contribution in [3.8, 4) is 0 Å². The van der Waals surface area contributed by atoms with Gasteiger partial charge in [-0.05, 0) is 37.4 Å². The van der Waals surface area contributed by atoms with Crippen LogP contribution in [0.4, 0.5) is 5.82 Å². The van der Waals surface area contributed by atoms with E-state index in [1.807, 2.05) is 13.8 Å². The average Bonchev–Trinajstić information content (AvgIpc) is 2.97. The molecule has 1 N–H and O–H groups in total. The van der Waals surface area contributed by atoms with E-state index in [1.165, 1.54) is 4.90 Å². The number of benzene rings is 1. The standard InChI is InChI=1S/C19H21N4O3S2/c1-13-14(2)27-19-17(13)18(22-28(24,25)15-6-4-3-5-7-15)20-16(21-19)12-23-8-10-26-11-9-23/h3-7H,8-12H2,1-2H3/q-1/p+1. The summed E-state index contributed by atoms with van der Waals surface area (Å²) in [6, 6.07) is 8.23. The summed E-state index contributed by atoms with van der Waals surface area (Å²) < 4.78 is 35.2. The largest absolute Gasteiger partial charge is 0.418 e. The van der Waals surface area contributed by atoms with Crippen molar-refractivity contribution in [3.05, 3.63) is 51.3 Å². The Kier molecular flexibility index (Phi) is 5.33. The lowest BCUT2D eigenvalue weighted by Crippen LogP contribution is -3.12. The first-order chi connectivity index (χ1) is 13.4. The Morgan fingerprint density at radius 2 is 1.86 bits per heavy atom. The third-order valence-electron chi connectivity index (χ3n) is 4.91. The minimum Gasteiger partial charge on any atom is -0.418 e. The van der Waals surface area contributed by atoms with Gasteiger partial charge < -0.3 is 19.3 Å². The summed E-state index contributed by atoms with van der Waals surface area (Å²) in [7, 11) is -3.85. The molecule has 0 radical (unpaired) electrons. The molecule has 0 saturated carbocycles. The van der Waals surface area contributed by atoms with Gasteiger partial charge >= 0.3 is 0 Å². The van der Waals surface area contributed by atoms with Crippen LogP contribution in [0.25, 0.3) is 14.9 Å². The maximum atomic E-state index is 12.8. The molecule has 1 aliphatic rings. The van der Waals surface area contributed by atoms with Crippen molar-refractivity contribution in [2.45, 2.75) is 25.3 Å². The highest BCUT2D eigenvalue weighted by Crippen LogP contribution is 2.38. The van der Waals surface area contributed by atoms with Crippen molar-refractivity contribution in [1.82, 2.24) is 9.97 Å². The summed E-state index contributed by atoms with van der Waals surface area (Å²) >= 11 is 1.55. The molecular formula is C19H22N4O3S2. The van der Waals surface area contributed by atoms with Crippen molar-refractivity contribution in [3.63, 3.8) is 0 Å². The molecule has 4 rings (SSSR count). The topological polar surface area (TPSA) is 87.7 Å². The summed E-state index contributed by atoms with van der Waals surface area (Å²) in [5, 5.41) is 0.725. The van der Waals surface area contributed by atoms with Crippen LogP contribution >= 0.6 is 11.3 Å². The number of morpholine rings is 1. The highest BCUT2D eigenvalue weighted by molar-refractivity contribution is 7.94. The molecule has 1 saturated heterocycles. The fraction of sp³-hybridized carbons (Fsp3) is 0.368. The maximum absolute atomic E-state index is 12.8. The quantitative estimate of drug-likeness (QED) is 0.686. The van der Waals surface area contributed by atoms with E-state index in [-0.39, 0.29) is 10.7 Å². The van der Waals surface area contributed by atoms with Crippen molar-refractivity contribution in [1.29, 1.82) is 0 Å². The molecule has 0 amide bonds. The molecule has 3 heterocycles. The van der Waals surface area contributed by atoms with E-state index in [0.29, 0.717) is 25.6 Å². The molecule has 0 spiro atoms. The van der Waals surface area contributed by atoms with Gasteiger partial charge in [-0.25, -0.2) is 13.4 Å². The van der Waals surface area contributed by atoms with E-state index in [1.54, 1.807) is 41.7 Å². The predicted octanol–water partition coefficient (Wildman–Crippen LogP) is 2.12. The lowest BCUT2D eigenvalue weighted by molar-refractivity contribution is -0.922. The number of hydrogen-bond donors (Lipinski definition) is 1.